The average molecular weight is 321 g/mol. The summed E-state index contributed by atoms with van der Waals surface area (Å²) in [6.07, 6.45) is 2.43. The molecule has 5 nitrogen and oxygen atoms in total. The van der Waals surface area contributed by atoms with Gasteiger partial charge in [0.25, 0.3) is 5.91 Å². The van der Waals surface area contributed by atoms with Gasteiger partial charge in [-0.3, -0.25) is 9.59 Å². The van der Waals surface area contributed by atoms with Crippen LogP contribution in [-0.4, -0.2) is 28.5 Å². The van der Waals surface area contributed by atoms with Crippen molar-refractivity contribution in [3.05, 3.63) is 21.9 Å². The van der Waals surface area contributed by atoms with Crippen LogP contribution in [0.4, 0.5) is 0 Å². The van der Waals surface area contributed by atoms with Gasteiger partial charge >= 0.3 is 5.97 Å². The zero-order valence-corrected chi connectivity index (χ0v) is 12.7. The Kier molecular flexibility index (Phi) is 6.88. The van der Waals surface area contributed by atoms with E-state index in [1.807, 2.05) is 6.92 Å². The molecule has 1 heterocycles. The predicted molar refractivity (Wildman–Crippen MR) is 78.4 cm³/mol. The molecule has 1 rings (SSSR count). The van der Waals surface area contributed by atoms with Crippen LogP contribution < -0.4 is 5.32 Å². The Morgan fingerprint density at radius 1 is 1.40 bits per heavy atom. The van der Waals surface area contributed by atoms with Gasteiger partial charge in [0.05, 0.1) is 5.02 Å². The molecule has 112 valence electrons. The van der Waals surface area contributed by atoms with E-state index in [9.17, 15) is 9.59 Å². The van der Waals surface area contributed by atoms with Gasteiger partial charge in [0, 0.05) is 13.0 Å². The van der Waals surface area contributed by atoms with E-state index < -0.39 is 5.97 Å². The summed E-state index contributed by atoms with van der Waals surface area (Å²) in [6.45, 7) is 2.50. The van der Waals surface area contributed by atoms with E-state index in [-0.39, 0.29) is 17.5 Å². The van der Waals surface area contributed by atoms with E-state index in [0.29, 0.717) is 29.6 Å². The van der Waals surface area contributed by atoms with E-state index in [1.54, 1.807) is 0 Å². The molecule has 0 aliphatic rings. The third-order valence-electron chi connectivity index (χ3n) is 3.15. The van der Waals surface area contributed by atoms with Crippen molar-refractivity contribution in [1.82, 2.24) is 10.3 Å². The number of aromatic nitrogens is 1. The summed E-state index contributed by atoms with van der Waals surface area (Å²) in [5.74, 6) is -0.766. The molecule has 1 unspecified atom stereocenters. The Morgan fingerprint density at radius 2 is 2.10 bits per heavy atom. The maximum atomic E-state index is 11.8. The number of carbonyl (C=O) groups is 2. The monoisotopic (exact) mass is 320 g/mol. The number of H-pyrrole nitrogens is 1. The van der Waals surface area contributed by atoms with Gasteiger partial charge in [-0.2, -0.15) is 0 Å². The number of aromatic amines is 1. The van der Waals surface area contributed by atoms with Crippen LogP contribution in [0.1, 0.15) is 43.1 Å². The molecule has 0 aliphatic carbocycles. The fourth-order valence-electron chi connectivity index (χ4n) is 1.89. The summed E-state index contributed by atoms with van der Waals surface area (Å²) in [7, 11) is 0. The molecule has 0 aromatic carbocycles. The molecule has 1 aromatic rings. The third kappa shape index (κ3) is 5.43. The summed E-state index contributed by atoms with van der Waals surface area (Å²) >= 11 is 11.5. The minimum atomic E-state index is -0.789. The first-order valence-electron chi connectivity index (χ1n) is 6.48. The fraction of sp³-hybridized carbons (Fsp3) is 0.538. The molecule has 0 bridgehead atoms. The predicted octanol–water partition coefficient (Wildman–Crippen LogP) is 3.33. The molecule has 0 spiro atoms. The van der Waals surface area contributed by atoms with Crippen LogP contribution in [0.25, 0.3) is 0 Å². The highest BCUT2D eigenvalue weighted by Gasteiger charge is 2.13. The lowest BCUT2D eigenvalue weighted by Crippen LogP contribution is -2.26. The average Bonchev–Trinajstić information content (AvgIpc) is 2.73. The van der Waals surface area contributed by atoms with Crippen LogP contribution in [0.15, 0.2) is 6.07 Å². The van der Waals surface area contributed by atoms with Crippen LogP contribution in [0.5, 0.6) is 0 Å². The maximum Gasteiger partial charge on any atom is 0.303 e. The molecule has 0 aliphatic heterocycles. The number of carboxylic acids is 1. The highest BCUT2D eigenvalue weighted by atomic mass is 35.5. The zero-order chi connectivity index (χ0) is 15.1. The molecule has 1 amide bonds. The van der Waals surface area contributed by atoms with Crippen LogP contribution in [0, 0.1) is 5.92 Å². The second kappa shape index (κ2) is 8.17. The van der Waals surface area contributed by atoms with Gasteiger partial charge < -0.3 is 15.4 Å². The number of aliphatic carboxylic acids is 1. The number of halogens is 2. The fourth-order valence-corrected chi connectivity index (χ4v) is 2.20. The third-order valence-corrected chi connectivity index (χ3v) is 3.84. The summed E-state index contributed by atoms with van der Waals surface area (Å²) < 4.78 is 0. The van der Waals surface area contributed by atoms with E-state index in [1.165, 1.54) is 6.07 Å². The molecule has 7 heteroatoms. The number of nitrogens with one attached hydrogen (secondary N) is 2. The van der Waals surface area contributed by atoms with Crippen molar-refractivity contribution in [3.8, 4) is 0 Å². The SMILES string of the molecule is CCC(CCNC(=O)c1cc(Cl)c(Cl)[nH]1)CCC(=O)O. The number of hydrogen-bond acceptors (Lipinski definition) is 2. The van der Waals surface area contributed by atoms with Crippen LogP contribution >= 0.6 is 23.2 Å². The van der Waals surface area contributed by atoms with E-state index in [2.05, 4.69) is 10.3 Å². The van der Waals surface area contributed by atoms with Crippen molar-refractivity contribution in [2.75, 3.05) is 6.54 Å². The summed E-state index contributed by atoms with van der Waals surface area (Å²) in [5.41, 5.74) is 0.318. The van der Waals surface area contributed by atoms with Gasteiger partial charge in [0.1, 0.15) is 10.8 Å². The minimum absolute atomic E-state index is 0.161. The van der Waals surface area contributed by atoms with E-state index in [4.69, 9.17) is 28.3 Å². The Hall–Kier alpha value is -1.20. The molecule has 3 N–H and O–H groups in total. The molecule has 0 saturated heterocycles. The van der Waals surface area contributed by atoms with Gasteiger partial charge in [-0.15, -0.1) is 0 Å². The molecule has 1 aromatic heterocycles. The molecule has 1 atom stereocenters. The molecule has 0 fully saturated rings. The Bertz CT molecular complexity index is 455. The van der Waals surface area contributed by atoms with Crippen LogP contribution in [-0.2, 0) is 4.79 Å². The lowest BCUT2D eigenvalue weighted by molar-refractivity contribution is -0.137. The number of carboxylic acid groups (broad SMARTS) is 1. The molecular formula is C13H18Cl2N2O3. The highest BCUT2D eigenvalue weighted by Crippen LogP contribution is 2.21. The number of hydrogen-bond donors (Lipinski definition) is 3. The smallest absolute Gasteiger partial charge is 0.303 e. The quantitative estimate of drug-likeness (QED) is 0.687. The molecule has 20 heavy (non-hydrogen) atoms. The topological polar surface area (TPSA) is 82.2 Å². The summed E-state index contributed by atoms with van der Waals surface area (Å²) in [4.78, 5) is 25.0. The number of carbonyl (C=O) groups excluding carboxylic acids is 1. The first kappa shape index (κ1) is 16.9. The number of rotatable bonds is 8. The van der Waals surface area contributed by atoms with Gasteiger partial charge in [0.2, 0.25) is 0 Å². The van der Waals surface area contributed by atoms with Gasteiger partial charge in [-0.1, -0.05) is 36.5 Å². The second-order valence-electron chi connectivity index (χ2n) is 4.60. The van der Waals surface area contributed by atoms with Gasteiger partial charge in [-0.05, 0) is 24.8 Å². The van der Waals surface area contributed by atoms with E-state index >= 15 is 0 Å². The largest absolute Gasteiger partial charge is 0.481 e. The lowest BCUT2D eigenvalue weighted by Gasteiger charge is -2.13. The highest BCUT2D eigenvalue weighted by molar-refractivity contribution is 6.41. The van der Waals surface area contributed by atoms with Crippen molar-refractivity contribution in [2.24, 2.45) is 5.92 Å². The second-order valence-corrected chi connectivity index (χ2v) is 5.38. The van der Waals surface area contributed by atoms with Crippen molar-refractivity contribution in [3.63, 3.8) is 0 Å². The Balaban J connectivity index is 2.35. The van der Waals surface area contributed by atoms with Crippen molar-refractivity contribution >= 4 is 35.1 Å². The van der Waals surface area contributed by atoms with Crippen molar-refractivity contribution in [2.45, 2.75) is 32.6 Å². The number of amides is 1. The van der Waals surface area contributed by atoms with Gasteiger partial charge in [-0.25, -0.2) is 0 Å². The minimum Gasteiger partial charge on any atom is -0.481 e. The standard InChI is InChI=1S/C13H18Cl2N2O3/c1-2-8(3-4-11(18)19)5-6-16-13(20)10-7-9(14)12(15)17-10/h7-8,17H,2-6H2,1H3,(H,16,20)(H,18,19). The first-order valence-corrected chi connectivity index (χ1v) is 7.23. The summed E-state index contributed by atoms with van der Waals surface area (Å²) in [6, 6.07) is 1.47. The first-order chi connectivity index (χ1) is 9.43. The summed E-state index contributed by atoms with van der Waals surface area (Å²) in [5, 5.41) is 12.0. The lowest BCUT2D eigenvalue weighted by atomic mass is 9.96. The van der Waals surface area contributed by atoms with Crippen LogP contribution in [0.2, 0.25) is 10.2 Å². The Morgan fingerprint density at radius 3 is 2.60 bits per heavy atom. The van der Waals surface area contributed by atoms with Crippen LogP contribution in [0.3, 0.4) is 0 Å². The van der Waals surface area contributed by atoms with E-state index in [0.717, 1.165) is 12.8 Å². The molecular weight excluding hydrogens is 303 g/mol. The van der Waals surface area contributed by atoms with Crippen molar-refractivity contribution in [1.29, 1.82) is 0 Å². The van der Waals surface area contributed by atoms with Gasteiger partial charge in [0.15, 0.2) is 0 Å². The zero-order valence-electron chi connectivity index (χ0n) is 11.2. The maximum absolute atomic E-state index is 11.8. The molecule has 0 saturated carbocycles. The van der Waals surface area contributed by atoms with Crippen molar-refractivity contribution < 1.29 is 14.7 Å². The Labute approximate surface area is 127 Å². The molecule has 0 radical (unpaired) electrons. The normalized spacial score (nSPS) is 12.2.